The van der Waals surface area contributed by atoms with E-state index in [1.807, 2.05) is 24.3 Å². The quantitative estimate of drug-likeness (QED) is 0.745. The molecule has 1 atom stereocenters. The Morgan fingerprint density at radius 3 is 2.83 bits per heavy atom. The van der Waals surface area contributed by atoms with Crippen molar-refractivity contribution < 1.29 is 4.79 Å². The molecule has 4 rings (SSSR count). The fourth-order valence-electron chi connectivity index (χ4n) is 3.14. The van der Waals surface area contributed by atoms with E-state index < -0.39 is 0 Å². The van der Waals surface area contributed by atoms with Gasteiger partial charge in [-0.1, -0.05) is 43.3 Å². The molecule has 0 saturated heterocycles. The van der Waals surface area contributed by atoms with E-state index in [0.29, 0.717) is 0 Å². The van der Waals surface area contributed by atoms with Gasteiger partial charge in [0.15, 0.2) is 0 Å². The summed E-state index contributed by atoms with van der Waals surface area (Å²) in [7, 11) is 0. The third-order valence-electron chi connectivity index (χ3n) is 4.20. The first-order chi connectivity index (χ1) is 11.3. The molecule has 0 bridgehead atoms. The Bertz CT molecular complexity index is 884. The number of amides is 1. The molecule has 0 spiro atoms. The van der Waals surface area contributed by atoms with Crippen molar-refractivity contribution in [2.24, 2.45) is 0 Å². The molecule has 2 N–H and O–H groups in total. The Balaban J connectivity index is 1.91. The summed E-state index contributed by atoms with van der Waals surface area (Å²) in [5.74, 6) is 0.0948. The lowest BCUT2D eigenvalue weighted by Gasteiger charge is -2.24. The molecule has 1 aliphatic rings. The van der Waals surface area contributed by atoms with Gasteiger partial charge in [-0.3, -0.25) is 4.79 Å². The fraction of sp³-hybridized carbons (Fsp3) is 0.211. The van der Waals surface area contributed by atoms with E-state index in [1.165, 1.54) is 5.56 Å². The third-order valence-corrected chi connectivity index (χ3v) is 5.49. The Kier molecular flexibility index (Phi) is 3.62. The van der Waals surface area contributed by atoms with Crippen LogP contribution in [-0.4, -0.2) is 17.4 Å². The minimum atomic E-state index is -0.206. The van der Waals surface area contributed by atoms with Crippen molar-refractivity contribution in [1.82, 2.24) is 10.3 Å². The average Bonchev–Trinajstić information content (AvgIpc) is 2.99. The van der Waals surface area contributed by atoms with Crippen molar-refractivity contribution in [3.05, 3.63) is 54.1 Å². The zero-order valence-corrected chi connectivity index (χ0v) is 13.7. The van der Waals surface area contributed by atoms with Gasteiger partial charge in [-0.05, 0) is 18.6 Å². The van der Waals surface area contributed by atoms with Crippen LogP contribution in [0.5, 0.6) is 0 Å². The van der Waals surface area contributed by atoms with Crippen LogP contribution in [0.1, 0.15) is 24.2 Å². The maximum Gasteiger partial charge on any atom is 0.238 e. The Morgan fingerprint density at radius 2 is 1.96 bits per heavy atom. The Labute approximate surface area is 139 Å². The predicted molar refractivity (Wildman–Crippen MR) is 95.6 cm³/mol. The molecule has 2 heterocycles. The lowest BCUT2D eigenvalue weighted by Crippen LogP contribution is -2.29. The van der Waals surface area contributed by atoms with E-state index in [-0.39, 0.29) is 11.2 Å². The molecule has 0 saturated carbocycles. The third kappa shape index (κ3) is 2.34. The molecule has 2 aromatic carbocycles. The highest BCUT2D eigenvalue weighted by atomic mass is 32.2. The number of hydrogen-bond donors (Lipinski definition) is 2. The van der Waals surface area contributed by atoms with Crippen LogP contribution in [0.15, 0.2) is 53.4 Å². The first kappa shape index (κ1) is 14.4. The number of benzene rings is 2. The van der Waals surface area contributed by atoms with Gasteiger partial charge in [0, 0.05) is 33.5 Å². The molecule has 0 aliphatic carbocycles. The molecule has 1 amide bonds. The van der Waals surface area contributed by atoms with Crippen LogP contribution in [0, 0.1) is 0 Å². The number of thioether (sulfide) groups is 1. The minimum absolute atomic E-state index is 0.0948. The molecule has 1 aliphatic heterocycles. The van der Waals surface area contributed by atoms with Crippen molar-refractivity contribution in [3.8, 4) is 11.3 Å². The van der Waals surface area contributed by atoms with Crippen molar-refractivity contribution in [2.45, 2.75) is 23.5 Å². The number of nitrogens with one attached hydrogen (secondary N) is 2. The second kappa shape index (κ2) is 5.78. The average molecular weight is 322 g/mol. The zero-order valence-electron chi connectivity index (χ0n) is 12.9. The van der Waals surface area contributed by atoms with Gasteiger partial charge in [0.05, 0.1) is 5.69 Å². The summed E-state index contributed by atoms with van der Waals surface area (Å²) in [5.41, 5.74) is 4.46. The van der Waals surface area contributed by atoms with E-state index in [4.69, 9.17) is 0 Å². The fourth-order valence-corrected chi connectivity index (χ4v) is 4.40. The number of H-pyrrole nitrogens is 1. The van der Waals surface area contributed by atoms with Gasteiger partial charge < -0.3 is 10.3 Å². The summed E-state index contributed by atoms with van der Waals surface area (Å²) in [6.45, 7) is 2.79. The Hall–Kier alpha value is -2.20. The number of rotatable bonds is 3. The summed E-state index contributed by atoms with van der Waals surface area (Å²) in [5, 5.41) is 3.99. The monoisotopic (exact) mass is 322 g/mol. The van der Waals surface area contributed by atoms with E-state index in [2.05, 4.69) is 41.5 Å². The summed E-state index contributed by atoms with van der Waals surface area (Å²) < 4.78 is 0. The molecule has 0 fully saturated rings. The molecule has 3 nitrogen and oxygen atoms in total. The second-order valence-corrected chi connectivity index (χ2v) is 6.89. The molecule has 1 aromatic heterocycles. The van der Waals surface area contributed by atoms with Crippen LogP contribution >= 0.6 is 11.8 Å². The second-order valence-electron chi connectivity index (χ2n) is 5.74. The molecular formula is C19H18N2OS. The zero-order chi connectivity index (χ0) is 15.8. The van der Waals surface area contributed by atoms with Gasteiger partial charge in [0.2, 0.25) is 5.91 Å². The lowest BCUT2D eigenvalue weighted by atomic mass is 10.0. The predicted octanol–water partition coefficient (Wildman–Crippen LogP) is 4.51. The van der Waals surface area contributed by atoms with Gasteiger partial charge in [-0.2, -0.15) is 0 Å². The molecule has 0 radical (unpaired) electrons. The van der Waals surface area contributed by atoms with Crippen LogP contribution in [0.3, 0.4) is 0 Å². The normalized spacial score (nSPS) is 16.0. The lowest BCUT2D eigenvalue weighted by molar-refractivity contribution is -0.120. The van der Waals surface area contributed by atoms with Crippen molar-refractivity contribution in [1.29, 1.82) is 0 Å². The van der Waals surface area contributed by atoms with Crippen LogP contribution in [-0.2, 0) is 4.79 Å². The number of aromatic nitrogens is 1. The molecule has 1 unspecified atom stereocenters. The van der Waals surface area contributed by atoms with Crippen LogP contribution < -0.4 is 5.32 Å². The van der Waals surface area contributed by atoms with E-state index in [9.17, 15) is 4.79 Å². The van der Waals surface area contributed by atoms with Crippen molar-refractivity contribution in [2.75, 3.05) is 6.54 Å². The van der Waals surface area contributed by atoms with Gasteiger partial charge in [0.25, 0.3) is 0 Å². The molecule has 3 aromatic rings. The van der Waals surface area contributed by atoms with E-state index in [0.717, 1.165) is 40.0 Å². The summed E-state index contributed by atoms with van der Waals surface area (Å²) >= 11 is 1.65. The van der Waals surface area contributed by atoms with Gasteiger partial charge in [-0.25, -0.2) is 0 Å². The van der Waals surface area contributed by atoms with Crippen LogP contribution in [0.25, 0.3) is 22.2 Å². The summed E-state index contributed by atoms with van der Waals surface area (Å²) in [6.07, 6.45) is 0.945. The molecule has 116 valence electrons. The number of fused-ring (bicyclic) bond motifs is 5. The van der Waals surface area contributed by atoms with Crippen LogP contribution in [0.4, 0.5) is 0 Å². The standard InChI is InChI=1S/C19H18N2OS/c1-2-11-20-19(22)18-16-12-7-3-5-9-14(12)21-17(16)13-8-4-6-10-15(13)23-18/h3-10,18,21H,2,11H2,1H3,(H,20,22). The maximum atomic E-state index is 12.7. The largest absolute Gasteiger partial charge is 0.355 e. The first-order valence-electron chi connectivity index (χ1n) is 7.94. The minimum Gasteiger partial charge on any atom is -0.355 e. The first-order valence-corrected chi connectivity index (χ1v) is 8.82. The van der Waals surface area contributed by atoms with Crippen molar-refractivity contribution in [3.63, 3.8) is 0 Å². The Morgan fingerprint density at radius 1 is 1.17 bits per heavy atom. The van der Waals surface area contributed by atoms with E-state index in [1.54, 1.807) is 11.8 Å². The number of carbonyl (C=O) groups is 1. The maximum absolute atomic E-state index is 12.7. The van der Waals surface area contributed by atoms with Crippen LogP contribution in [0.2, 0.25) is 0 Å². The molecular weight excluding hydrogens is 304 g/mol. The van der Waals surface area contributed by atoms with Crippen molar-refractivity contribution >= 4 is 28.6 Å². The molecule has 23 heavy (non-hydrogen) atoms. The molecule has 4 heteroatoms. The highest BCUT2D eigenvalue weighted by Crippen LogP contribution is 2.51. The number of hydrogen-bond acceptors (Lipinski definition) is 2. The highest BCUT2D eigenvalue weighted by Gasteiger charge is 2.33. The SMILES string of the molecule is CCCNC(=O)C1Sc2ccccc2-c2[nH]c3ccccc3c21. The topological polar surface area (TPSA) is 44.9 Å². The van der Waals surface area contributed by atoms with Gasteiger partial charge in [-0.15, -0.1) is 11.8 Å². The summed E-state index contributed by atoms with van der Waals surface area (Å²) in [6, 6.07) is 16.5. The number of carbonyl (C=O) groups excluding carboxylic acids is 1. The number of aromatic amines is 1. The smallest absolute Gasteiger partial charge is 0.238 e. The highest BCUT2D eigenvalue weighted by molar-refractivity contribution is 8.00. The van der Waals surface area contributed by atoms with E-state index >= 15 is 0 Å². The number of para-hydroxylation sites is 1. The van der Waals surface area contributed by atoms with Gasteiger partial charge in [0.1, 0.15) is 5.25 Å². The summed E-state index contributed by atoms with van der Waals surface area (Å²) in [4.78, 5) is 17.4. The van der Waals surface area contributed by atoms with Gasteiger partial charge >= 0.3 is 0 Å².